The largest absolute Gasteiger partial charge is 0.337 e. The van der Waals surface area contributed by atoms with Crippen LogP contribution in [0.15, 0.2) is 32.4 Å². The summed E-state index contributed by atoms with van der Waals surface area (Å²) < 4.78 is 6.38. The summed E-state index contributed by atoms with van der Waals surface area (Å²) in [6.07, 6.45) is 1.44. The highest BCUT2D eigenvalue weighted by molar-refractivity contribution is 5.46. The Bertz CT molecular complexity index is 922. The number of nitrogens with zero attached hydrogens (tertiary/aromatic N) is 5. The zero-order chi connectivity index (χ0) is 15.7. The zero-order valence-electron chi connectivity index (χ0n) is 11.9. The van der Waals surface area contributed by atoms with E-state index in [1.165, 1.54) is 10.8 Å². The summed E-state index contributed by atoms with van der Waals surface area (Å²) in [4.78, 5) is 29.4. The van der Waals surface area contributed by atoms with E-state index in [1.54, 1.807) is 19.1 Å². The van der Waals surface area contributed by atoms with Crippen LogP contribution in [0.4, 0.5) is 0 Å². The maximum absolute atomic E-state index is 11.7. The third kappa shape index (κ3) is 2.68. The molecule has 3 rings (SSSR count). The zero-order valence-corrected chi connectivity index (χ0v) is 11.9. The van der Waals surface area contributed by atoms with Crippen LogP contribution in [-0.2, 0) is 6.54 Å². The second kappa shape index (κ2) is 5.35. The Kier molecular flexibility index (Phi) is 3.37. The molecule has 0 saturated heterocycles. The van der Waals surface area contributed by atoms with Gasteiger partial charge in [0.25, 0.3) is 5.56 Å². The lowest BCUT2D eigenvalue weighted by molar-refractivity contribution is 0.368. The average molecular weight is 300 g/mol. The van der Waals surface area contributed by atoms with Crippen LogP contribution in [0, 0.1) is 13.8 Å². The predicted molar refractivity (Wildman–Crippen MR) is 75.2 cm³/mol. The van der Waals surface area contributed by atoms with Crippen molar-refractivity contribution in [3.63, 3.8) is 0 Å². The molecule has 0 aliphatic heterocycles. The van der Waals surface area contributed by atoms with Crippen LogP contribution in [0.5, 0.6) is 0 Å². The number of aromatic nitrogens is 6. The number of aromatic amines is 1. The lowest BCUT2D eigenvalue weighted by atomic mass is 10.3. The Hall–Kier alpha value is -3.10. The molecule has 112 valence electrons. The van der Waals surface area contributed by atoms with Gasteiger partial charge in [-0.2, -0.15) is 10.1 Å². The van der Waals surface area contributed by atoms with E-state index in [9.17, 15) is 9.59 Å². The molecule has 0 saturated carbocycles. The first-order valence-electron chi connectivity index (χ1n) is 6.46. The van der Waals surface area contributed by atoms with Crippen molar-refractivity contribution in [2.24, 2.45) is 0 Å². The van der Waals surface area contributed by atoms with Gasteiger partial charge in [-0.05, 0) is 26.0 Å². The van der Waals surface area contributed by atoms with Crippen LogP contribution in [0.1, 0.15) is 17.1 Å². The van der Waals surface area contributed by atoms with Gasteiger partial charge in [-0.15, -0.1) is 5.10 Å². The van der Waals surface area contributed by atoms with E-state index in [-0.39, 0.29) is 18.3 Å². The monoisotopic (exact) mass is 300 g/mol. The molecule has 0 bridgehead atoms. The first kappa shape index (κ1) is 13.9. The molecule has 0 fully saturated rings. The van der Waals surface area contributed by atoms with Crippen LogP contribution >= 0.6 is 0 Å². The van der Waals surface area contributed by atoms with Crippen molar-refractivity contribution in [1.29, 1.82) is 0 Å². The molecule has 0 aliphatic carbocycles. The number of hydrogen-bond donors (Lipinski definition) is 1. The summed E-state index contributed by atoms with van der Waals surface area (Å²) in [6.45, 7) is 3.49. The summed E-state index contributed by atoms with van der Waals surface area (Å²) in [6, 6.07) is 3.52. The summed E-state index contributed by atoms with van der Waals surface area (Å²) in [7, 11) is 0. The molecule has 0 aliphatic rings. The summed E-state index contributed by atoms with van der Waals surface area (Å²) in [5.74, 6) is 0.516. The molecule has 0 unspecified atom stereocenters. The number of rotatable bonds is 3. The fourth-order valence-corrected chi connectivity index (χ4v) is 1.82. The lowest BCUT2D eigenvalue weighted by Crippen LogP contribution is -2.31. The normalized spacial score (nSPS) is 10.8. The molecular weight excluding hydrogens is 288 g/mol. The second-order valence-electron chi connectivity index (χ2n) is 4.77. The standard InChI is InChI=1S/C13H12N6O3/c1-7-5-19(13(21)15-12(7)20)6-10-14-11(18-22-10)9-4-3-8(2)16-17-9/h3-5H,6H2,1-2H3,(H,15,20,21). The molecule has 0 radical (unpaired) electrons. The first-order valence-corrected chi connectivity index (χ1v) is 6.46. The Morgan fingerprint density at radius 3 is 2.77 bits per heavy atom. The predicted octanol–water partition coefficient (Wildman–Crippen LogP) is 0.0417. The van der Waals surface area contributed by atoms with Crippen molar-refractivity contribution in [3.05, 3.63) is 56.3 Å². The van der Waals surface area contributed by atoms with E-state index < -0.39 is 11.2 Å². The summed E-state index contributed by atoms with van der Waals surface area (Å²) >= 11 is 0. The Balaban J connectivity index is 1.89. The van der Waals surface area contributed by atoms with E-state index in [0.717, 1.165) is 5.69 Å². The topological polar surface area (TPSA) is 120 Å². The lowest BCUT2D eigenvalue weighted by Gasteiger charge is -2.01. The van der Waals surface area contributed by atoms with Crippen LogP contribution in [0.3, 0.4) is 0 Å². The molecular formula is C13H12N6O3. The molecule has 3 aromatic heterocycles. The SMILES string of the molecule is Cc1ccc(-c2noc(Cn3cc(C)c(=O)[nH]c3=O)n2)nn1. The van der Waals surface area contributed by atoms with Gasteiger partial charge < -0.3 is 4.52 Å². The van der Waals surface area contributed by atoms with Crippen molar-refractivity contribution in [1.82, 2.24) is 29.9 Å². The minimum absolute atomic E-state index is 0.0583. The van der Waals surface area contributed by atoms with Gasteiger partial charge in [0.05, 0.1) is 5.69 Å². The molecule has 0 aromatic carbocycles. The third-order valence-corrected chi connectivity index (χ3v) is 2.99. The highest BCUT2D eigenvalue weighted by Crippen LogP contribution is 2.12. The van der Waals surface area contributed by atoms with Gasteiger partial charge >= 0.3 is 5.69 Å². The van der Waals surface area contributed by atoms with Crippen molar-refractivity contribution >= 4 is 0 Å². The van der Waals surface area contributed by atoms with Gasteiger partial charge in [0.15, 0.2) is 0 Å². The van der Waals surface area contributed by atoms with Gasteiger partial charge in [-0.1, -0.05) is 5.16 Å². The second-order valence-corrected chi connectivity index (χ2v) is 4.77. The molecule has 9 heteroatoms. The number of hydrogen-bond acceptors (Lipinski definition) is 7. The van der Waals surface area contributed by atoms with E-state index in [1.807, 2.05) is 6.92 Å². The highest BCUT2D eigenvalue weighted by Gasteiger charge is 2.12. The summed E-state index contributed by atoms with van der Waals surface area (Å²) in [5.41, 5.74) is 0.727. The van der Waals surface area contributed by atoms with Crippen LogP contribution in [0.25, 0.3) is 11.5 Å². The van der Waals surface area contributed by atoms with Gasteiger partial charge in [-0.3, -0.25) is 14.3 Å². The van der Waals surface area contributed by atoms with Gasteiger partial charge in [0, 0.05) is 11.8 Å². The molecule has 0 amide bonds. The smallest absolute Gasteiger partial charge is 0.328 e. The van der Waals surface area contributed by atoms with Crippen LogP contribution in [0.2, 0.25) is 0 Å². The summed E-state index contributed by atoms with van der Waals surface area (Å²) in [5, 5.41) is 11.7. The van der Waals surface area contributed by atoms with Crippen LogP contribution < -0.4 is 11.2 Å². The van der Waals surface area contributed by atoms with Crippen molar-refractivity contribution < 1.29 is 4.52 Å². The minimum Gasteiger partial charge on any atom is -0.337 e. The third-order valence-electron chi connectivity index (χ3n) is 2.99. The molecule has 0 atom stereocenters. The minimum atomic E-state index is -0.537. The highest BCUT2D eigenvalue weighted by atomic mass is 16.5. The van der Waals surface area contributed by atoms with E-state index >= 15 is 0 Å². The van der Waals surface area contributed by atoms with E-state index in [0.29, 0.717) is 11.3 Å². The number of nitrogens with one attached hydrogen (secondary N) is 1. The molecule has 1 N–H and O–H groups in total. The molecule has 9 nitrogen and oxygen atoms in total. The van der Waals surface area contributed by atoms with E-state index in [4.69, 9.17) is 4.52 Å². The van der Waals surface area contributed by atoms with Crippen LogP contribution in [-0.4, -0.2) is 29.9 Å². The number of aryl methyl sites for hydroxylation is 2. The molecule has 22 heavy (non-hydrogen) atoms. The molecule has 3 aromatic rings. The van der Waals surface area contributed by atoms with Gasteiger partial charge in [0.1, 0.15) is 12.2 Å². The quantitative estimate of drug-likeness (QED) is 0.725. The molecule has 3 heterocycles. The Labute approximate surface area is 123 Å². The van der Waals surface area contributed by atoms with E-state index in [2.05, 4.69) is 25.3 Å². The Morgan fingerprint density at radius 2 is 2.05 bits per heavy atom. The maximum atomic E-state index is 11.7. The van der Waals surface area contributed by atoms with Crippen molar-refractivity contribution in [2.75, 3.05) is 0 Å². The maximum Gasteiger partial charge on any atom is 0.328 e. The van der Waals surface area contributed by atoms with Crippen molar-refractivity contribution in [3.8, 4) is 11.5 Å². The van der Waals surface area contributed by atoms with Gasteiger partial charge in [0.2, 0.25) is 11.7 Å². The van der Waals surface area contributed by atoms with Gasteiger partial charge in [-0.25, -0.2) is 4.79 Å². The van der Waals surface area contributed by atoms with Crippen molar-refractivity contribution in [2.45, 2.75) is 20.4 Å². The fraction of sp³-hybridized carbons (Fsp3) is 0.231. The average Bonchev–Trinajstić information content (AvgIpc) is 2.94. The first-order chi connectivity index (χ1) is 10.5. The molecule has 0 spiro atoms. The number of H-pyrrole nitrogens is 1. The fourth-order valence-electron chi connectivity index (χ4n) is 1.82. The Morgan fingerprint density at radius 1 is 1.23 bits per heavy atom.